The monoisotopic (exact) mass is 262 g/mol. The fraction of sp³-hybridized carbons (Fsp3) is 0.308. The van der Waals surface area contributed by atoms with Crippen LogP contribution < -0.4 is 5.32 Å². The Morgan fingerprint density at radius 1 is 1.26 bits per heavy atom. The van der Waals surface area contributed by atoms with Crippen LogP contribution in [0.4, 0.5) is 0 Å². The molecule has 19 heavy (non-hydrogen) atoms. The largest absolute Gasteiger partial charge is 0.480 e. The molecule has 0 saturated heterocycles. The van der Waals surface area contributed by atoms with Gasteiger partial charge in [0.15, 0.2) is 0 Å². The lowest BCUT2D eigenvalue weighted by atomic mass is 10.1. The molecule has 2 N–H and O–H groups in total. The van der Waals surface area contributed by atoms with Crippen molar-refractivity contribution >= 4 is 17.8 Å². The number of benzene rings is 1. The number of hydrogen-bond donors (Lipinski definition) is 2. The van der Waals surface area contributed by atoms with E-state index in [1.807, 2.05) is 0 Å². The summed E-state index contributed by atoms with van der Waals surface area (Å²) in [6.45, 7) is 1.91. The van der Waals surface area contributed by atoms with E-state index in [1.165, 1.54) is 6.92 Å². The molecule has 1 aromatic carbocycles. The SMILES string of the molecule is CC(NCCN1C(=O)c2ccccc2C1=O)C(=O)O. The van der Waals surface area contributed by atoms with Crippen molar-refractivity contribution < 1.29 is 19.5 Å². The van der Waals surface area contributed by atoms with Crippen LogP contribution in [-0.2, 0) is 4.79 Å². The molecule has 0 bridgehead atoms. The zero-order chi connectivity index (χ0) is 14.0. The van der Waals surface area contributed by atoms with Crippen molar-refractivity contribution in [2.75, 3.05) is 13.1 Å². The van der Waals surface area contributed by atoms with E-state index in [-0.39, 0.29) is 24.9 Å². The van der Waals surface area contributed by atoms with E-state index in [1.54, 1.807) is 24.3 Å². The Labute approximate surface area is 110 Å². The number of nitrogens with one attached hydrogen (secondary N) is 1. The number of rotatable bonds is 5. The molecular weight excluding hydrogens is 248 g/mol. The molecule has 0 aromatic heterocycles. The van der Waals surface area contributed by atoms with Gasteiger partial charge in [0.25, 0.3) is 11.8 Å². The Balaban J connectivity index is 1.99. The number of imide groups is 1. The third-order valence-corrected chi connectivity index (χ3v) is 3.03. The second-order valence-corrected chi connectivity index (χ2v) is 4.32. The van der Waals surface area contributed by atoms with Crippen LogP contribution in [0.1, 0.15) is 27.6 Å². The van der Waals surface area contributed by atoms with Gasteiger partial charge in [-0.15, -0.1) is 0 Å². The Hall–Kier alpha value is -2.21. The molecule has 1 atom stereocenters. The summed E-state index contributed by atoms with van der Waals surface area (Å²) in [5.74, 6) is -1.63. The summed E-state index contributed by atoms with van der Waals surface area (Å²) in [5.41, 5.74) is 0.803. The molecule has 1 aliphatic rings. The van der Waals surface area contributed by atoms with Gasteiger partial charge in [-0.25, -0.2) is 0 Å². The highest BCUT2D eigenvalue weighted by molar-refractivity contribution is 6.21. The van der Waals surface area contributed by atoms with Gasteiger partial charge in [-0.05, 0) is 19.1 Å². The fourth-order valence-electron chi connectivity index (χ4n) is 1.92. The van der Waals surface area contributed by atoms with Crippen LogP contribution in [0.25, 0.3) is 0 Å². The number of carbonyl (C=O) groups excluding carboxylic acids is 2. The maximum absolute atomic E-state index is 12.0. The highest BCUT2D eigenvalue weighted by atomic mass is 16.4. The fourth-order valence-corrected chi connectivity index (χ4v) is 1.92. The van der Waals surface area contributed by atoms with E-state index in [0.717, 1.165) is 4.90 Å². The number of fused-ring (bicyclic) bond motifs is 1. The molecule has 2 rings (SSSR count). The highest BCUT2D eigenvalue weighted by Gasteiger charge is 2.34. The predicted octanol–water partition coefficient (Wildman–Crippen LogP) is 0.345. The molecule has 1 unspecified atom stereocenters. The van der Waals surface area contributed by atoms with Gasteiger partial charge in [-0.2, -0.15) is 0 Å². The molecule has 6 nitrogen and oxygen atoms in total. The van der Waals surface area contributed by atoms with Crippen LogP contribution in [0.5, 0.6) is 0 Å². The van der Waals surface area contributed by atoms with E-state index in [4.69, 9.17) is 5.11 Å². The molecule has 100 valence electrons. The second kappa shape index (κ2) is 5.19. The number of aliphatic carboxylic acids is 1. The van der Waals surface area contributed by atoms with Gasteiger partial charge in [0.05, 0.1) is 11.1 Å². The van der Waals surface area contributed by atoms with Crippen LogP contribution in [0, 0.1) is 0 Å². The van der Waals surface area contributed by atoms with E-state index in [0.29, 0.717) is 11.1 Å². The van der Waals surface area contributed by atoms with Crippen LogP contribution in [0.2, 0.25) is 0 Å². The predicted molar refractivity (Wildman–Crippen MR) is 66.9 cm³/mol. The van der Waals surface area contributed by atoms with Gasteiger partial charge in [0, 0.05) is 13.1 Å². The third kappa shape index (κ3) is 2.48. The quantitative estimate of drug-likeness (QED) is 0.747. The summed E-state index contributed by atoms with van der Waals surface area (Å²) in [5, 5.41) is 11.4. The number of nitrogens with zero attached hydrogens (tertiary/aromatic N) is 1. The Morgan fingerprint density at radius 3 is 2.26 bits per heavy atom. The zero-order valence-electron chi connectivity index (χ0n) is 10.4. The lowest BCUT2D eigenvalue weighted by Crippen LogP contribution is -2.41. The number of carboxylic acid groups (broad SMARTS) is 1. The maximum Gasteiger partial charge on any atom is 0.320 e. The maximum atomic E-state index is 12.0. The molecule has 1 heterocycles. The van der Waals surface area contributed by atoms with E-state index in [9.17, 15) is 14.4 Å². The van der Waals surface area contributed by atoms with Gasteiger partial charge in [-0.1, -0.05) is 12.1 Å². The van der Waals surface area contributed by atoms with E-state index >= 15 is 0 Å². The summed E-state index contributed by atoms with van der Waals surface area (Å²) >= 11 is 0. The van der Waals surface area contributed by atoms with Crippen LogP contribution in [0.3, 0.4) is 0 Å². The van der Waals surface area contributed by atoms with Crippen molar-refractivity contribution in [1.82, 2.24) is 10.2 Å². The molecule has 1 aromatic rings. The van der Waals surface area contributed by atoms with Crippen molar-refractivity contribution in [3.63, 3.8) is 0 Å². The van der Waals surface area contributed by atoms with Gasteiger partial charge in [-0.3, -0.25) is 19.3 Å². The first-order valence-corrected chi connectivity index (χ1v) is 5.94. The highest BCUT2D eigenvalue weighted by Crippen LogP contribution is 2.21. The van der Waals surface area contributed by atoms with Gasteiger partial charge >= 0.3 is 5.97 Å². The molecule has 0 radical (unpaired) electrons. The lowest BCUT2D eigenvalue weighted by molar-refractivity contribution is -0.138. The molecule has 1 aliphatic heterocycles. The van der Waals surface area contributed by atoms with Crippen molar-refractivity contribution in [3.8, 4) is 0 Å². The average molecular weight is 262 g/mol. The first-order valence-electron chi connectivity index (χ1n) is 5.94. The van der Waals surface area contributed by atoms with E-state index < -0.39 is 12.0 Å². The normalized spacial score (nSPS) is 15.5. The Bertz CT molecular complexity index is 506. The first kappa shape index (κ1) is 13.2. The molecule has 0 spiro atoms. The Morgan fingerprint density at radius 2 is 1.79 bits per heavy atom. The number of carbonyl (C=O) groups is 3. The van der Waals surface area contributed by atoms with Gasteiger partial charge in [0.2, 0.25) is 0 Å². The Kier molecular flexibility index (Phi) is 3.62. The molecule has 2 amide bonds. The molecule has 0 aliphatic carbocycles. The van der Waals surface area contributed by atoms with Crippen molar-refractivity contribution in [2.45, 2.75) is 13.0 Å². The third-order valence-electron chi connectivity index (χ3n) is 3.03. The van der Waals surface area contributed by atoms with Gasteiger partial charge < -0.3 is 10.4 Å². The van der Waals surface area contributed by atoms with Crippen molar-refractivity contribution in [2.24, 2.45) is 0 Å². The summed E-state index contributed by atoms with van der Waals surface area (Å²) in [7, 11) is 0. The van der Waals surface area contributed by atoms with Crippen LogP contribution in [0.15, 0.2) is 24.3 Å². The molecule has 0 saturated carbocycles. The lowest BCUT2D eigenvalue weighted by Gasteiger charge is -2.15. The minimum atomic E-state index is -0.970. The number of hydrogen-bond acceptors (Lipinski definition) is 4. The minimum absolute atomic E-state index is 0.157. The summed E-state index contributed by atoms with van der Waals surface area (Å²) in [6, 6.07) is 5.93. The second-order valence-electron chi connectivity index (χ2n) is 4.32. The summed E-state index contributed by atoms with van der Waals surface area (Å²) in [6.07, 6.45) is 0. The molecule has 0 fully saturated rings. The average Bonchev–Trinajstić information content (AvgIpc) is 2.64. The smallest absolute Gasteiger partial charge is 0.320 e. The van der Waals surface area contributed by atoms with E-state index in [2.05, 4.69) is 5.32 Å². The standard InChI is InChI=1S/C13H14N2O4/c1-8(13(18)19)14-6-7-15-11(16)9-4-2-3-5-10(9)12(15)17/h2-5,8,14H,6-7H2,1H3,(H,18,19). The topological polar surface area (TPSA) is 86.7 Å². The van der Waals surface area contributed by atoms with Crippen molar-refractivity contribution in [1.29, 1.82) is 0 Å². The molecular formula is C13H14N2O4. The zero-order valence-corrected chi connectivity index (χ0v) is 10.4. The first-order chi connectivity index (χ1) is 9.02. The number of amides is 2. The number of carboxylic acids is 1. The van der Waals surface area contributed by atoms with Crippen LogP contribution >= 0.6 is 0 Å². The minimum Gasteiger partial charge on any atom is -0.480 e. The summed E-state index contributed by atoms with van der Waals surface area (Å²) in [4.78, 5) is 35.7. The van der Waals surface area contributed by atoms with Crippen LogP contribution in [-0.4, -0.2) is 46.9 Å². The van der Waals surface area contributed by atoms with Crippen molar-refractivity contribution in [3.05, 3.63) is 35.4 Å². The summed E-state index contributed by atoms with van der Waals surface area (Å²) < 4.78 is 0. The molecule has 6 heteroatoms. The van der Waals surface area contributed by atoms with Gasteiger partial charge in [0.1, 0.15) is 6.04 Å².